The van der Waals surface area contributed by atoms with E-state index in [1.54, 1.807) is 11.8 Å². The van der Waals surface area contributed by atoms with Crippen LogP contribution in [0.2, 0.25) is 0 Å². The van der Waals surface area contributed by atoms with Gasteiger partial charge in [0.25, 0.3) is 5.91 Å². The minimum Gasteiger partial charge on any atom is -0.375 e. The SMILES string of the molecule is COCC(=O)N1CC(c2nc(C)no2)C2(C1)CN(C(=O)c1cccs1)C2. The van der Waals surface area contributed by atoms with Crippen molar-refractivity contribution in [1.29, 1.82) is 0 Å². The van der Waals surface area contributed by atoms with E-state index in [9.17, 15) is 9.59 Å². The third-order valence-electron chi connectivity index (χ3n) is 5.14. The molecule has 2 fully saturated rings. The van der Waals surface area contributed by atoms with Crippen LogP contribution in [0, 0.1) is 12.3 Å². The highest BCUT2D eigenvalue weighted by atomic mass is 32.1. The standard InChI is InChI=1S/C17H20N4O4S/c1-11-18-15(25-19-11)12-6-20(14(22)7-24-2)8-17(12)9-21(10-17)16(23)13-4-3-5-26-13/h3-5,12H,6-10H2,1-2H3. The lowest BCUT2D eigenvalue weighted by Crippen LogP contribution is -2.61. The van der Waals surface area contributed by atoms with Crippen LogP contribution in [0.4, 0.5) is 0 Å². The summed E-state index contributed by atoms with van der Waals surface area (Å²) in [5.74, 6) is 1.01. The number of methoxy groups -OCH3 is 1. The Kier molecular flexibility index (Phi) is 4.28. The Morgan fingerprint density at radius 2 is 2.15 bits per heavy atom. The zero-order valence-electron chi connectivity index (χ0n) is 14.7. The van der Waals surface area contributed by atoms with Gasteiger partial charge in [0.1, 0.15) is 6.61 Å². The minimum absolute atomic E-state index is 0.0350. The van der Waals surface area contributed by atoms with Crippen molar-refractivity contribution in [3.8, 4) is 0 Å². The van der Waals surface area contributed by atoms with Gasteiger partial charge in [-0.1, -0.05) is 11.2 Å². The van der Waals surface area contributed by atoms with Crippen molar-refractivity contribution in [2.75, 3.05) is 39.9 Å². The molecule has 2 aromatic heterocycles. The molecule has 0 bridgehead atoms. The monoisotopic (exact) mass is 376 g/mol. The summed E-state index contributed by atoms with van der Waals surface area (Å²) < 4.78 is 10.4. The van der Waals surface area contributed by atoms with E-state index in [-0.39, 0.29) is 29.8 Å². The molecular formula is C17H20N4O4S. The number of aryl methyl sites for hydroxylation is 1. The molecule has 1 atom stereocenters. The predicted molar refractivity (Wildman–Crippen MR) is 92.9 cm³/mol. The first kappa shape index (κ1) is 17.2. The second kappa shape index (κ2) is 6.48. The van der Waals surface area contributed by atoms with Crippen LogP contribution in [-0.2, 0) is 9.53 Å². The number of nitrogens with zero attached hydrogens (tertiary/aromatic N) is 4. The van der Waals surface area contributed by atoms with Gasteiger partial charge in [0.15, 0.2) is 5.82 Å². The largest absolute Gasteiger partial charge is 0.375 e. The summed E-state index contributed by atoms with van der Waals surface area (Å²) in [7, 11) is 1.51. The van der Waals surface area contributed by atoms with Crippen molar-refractivity contribution in [2.24, 2.45) is 5.41 Å². The van der Waals surface area contributed by atoms with Gasteiger partial charge in [0.2, 0.25) is 11.8 Å². The number of rotatable bonds is 4. The molecule has 0 aromatic carbocycles. The van der Waals surface area contributed by atoms with Gasteiger partial charge in [-0.25, -0.2) is 0 Å². The van der Waals surface area contributed by atoms with Crippen molar-refractivity contribution < 1.29 is 18.8 Å². The lowest BCUT2D eigenvalue weighted by molar-refractivity contribution is -0.134. The summed E-state index contributed by atoms with van der Waals surface area (Å²) in [4.78, 5) is 33.6. The Bertz CT molecular complexity index is 813. The number of likely N-dealkylation sites (tertiary alicyclic amines) is 2. The number of thiophene rings is 1. The van der Waals surface area contributed by atoms with Crippen molar-refractivity contribution in [3.05, 3.63) is 34.1 Å². The van der Waals surface area contributed by atoms with Crippen LogP contribution in [0.25, 0.3) is 0 Å². The Labute approximate surface area is 154 Å². The van der Waals surface area contributed by atoms with Gasteiger partial charge in [-0.3, -0.25) is 9.59 Å². The number of ether oxygens (including phenoxy) is 1. The first-order valence-corrected chi connectivity index (χ1v) is 9.30. The maximum absolute atomic E-state index is 12.6. The fraction of sp³-hybridized carbons (Fsp3) is 0.529. The van der Waals surface area contributed by atoms with Crippen LogP contribution < -0.4 is 0 Å². The molecule has 9 heteroatoms. The van der Waals surface area contributed by atoms with E-state index in [0.717, 1.165) is 4.88 Å². The van der Waals surface area contributed by atoms with Gasteiger partial charge in [-0.2, -0.15) is 4.98 Å². The minimum atomic E-state index is -0.241. The van der Waals surface area contributed by atoms with E-state index in [2.05, 4.69) is 10.1 Å². The van der Waals surface area contributed by atoms with Gasteiger partial charge in [-0.05, 0) is 18.4 Å². The maximum Gasteiger partial charge on any atom is 0.263 e. The molecular weight excluding hydrogens is 356 g/mol. The number of carbonyl (C=O) groups excluding carboxylic acids is 2. The van der Waals surface area contributed by atoms with Crippen LogP contribution in [0.1, 0.15) is 27.3 Å². The van der Waals surface area contributed by atoms with Gasteiger partial charge >= 0.3 is 0 Å². The lowest BCUT2D eigenvalue weighted by Gasteiger charge is -2.49. The molecule has 1 spiro atoms. The van der Waals surface area contributed by atoms with E-state index in [4.69, 9.17) is 9.26 Å². The predicted octanol–water partition coefficient (Wildman–Crippen LogP) is 1.15. The number of hydrogen-bond acceptors (Lipinski definition) is 7. The van der Waals surface area contributed by atoms with Gasteiger partial charge in [0.05, 0.1) is 10.8 Å². The van der Waals surface area contributed by atoms with Crippen molar-refractivity contribution in [1.82, 2.24) is 19.9 Å². The van der Waals surface area contributed by atoms with Crippen molar-refractivity contribution in [3.63, 3.8) is 0 Å². The molecule has 2 aliphatic heterocycles. The molecule has 1 unspecified atom stereocenters. The molecule has 138 valence electrons. The van der Waals surface area contributed by atoms with Crippen molar-refractivity contribution in [2.45, 2.75) is 12.8 Å². The quantitative estimate of drug-likeness (QED) is 0.795. The van der Waals surface area contributed by atoms with E-state index in [0.29, 0.717) is 37.9 Å². The fourth-order valence-corrected chi connectivity index (χ4v) is 4.59. The van der Waals surface area contributed by atoms with Gasteiger partial charge in [0, 0.05) is 38.7 Å². The summed E-state index contributed by atoms with van der Waals surface area (Å²) in [6.45, 7) is 4.04. The number of aromatic nitrogens is 2. The molecule has 4 rings (SSSR count). The van der Waals surface area contributed by atoms with Crippen LogP contribution in [0.15, 0.2) is 22.0 Å². The molecule has 26 heavy (non-hydrogen) atoms. The van der Waals surface area contributed by atoms with E-state index in [1.165, 1.54) is 18.4 Å². The number of carbonyl (C=O) groups is 2. The Balaban J connectivity index is 1.54. The summed E-state index contributed by atoms with van der Waals surface area (Å²) in [5.41, 5.74) is -0.241. The highest BCUT2D eigenvalue weighted by molar-refractivity contribution is 7.12. The summed E-state index contributed by atoms with van der Waals surface area (Å²) in [6, 6.07) is 3.71. The third-order valence-corrected chi connectivity index (χ3v) is 6.00. The topological polar surface area (TPSA) is 88.8 Å². The van der Waals surface area contributed by atoms with Crippen LogP contribution in [0.5, 0.6) is 0 Å². The molecule has 2 aromatic rings. The zero-order chi connectivity index (χ0) is 18.3. The summed E-state index contributed by atoms with van der Waals surface area (Å²) >= 11 is 1.44. The van der Waals surface area contributed by atoms with Crippen LogP contribution in [-0.4, -0.2) is 71.7 Å². The van der Waals surface area contributed by atoms with Crippen LogP contribution >= 0.6 is 11.3 Å². The van der Waals surface area contributed by atoms with E-state index < -0.39 is 0 Å². The molecule has 4 heterocycles. The smallest absolute Gasteiger partial charge is 0.263 e. The number of amides is 2. The molecule has 0 aliphatic carbocycles. The molecule has 0 saturated carbocycles. The van der Waals surface area contributed by atoms with Crippen LogP contribution in [0.3, 0.4) is 0 Å². The average Bonchev–Trinajstić information content (AvgIpc) is 3.31. The van der Waals surface area contributed by atoms with Gasteiger partial charge < -0.3 is 19.1 Å². The average molecular weight is 376 g/mol. The Morgan fingerprint density at radius 3 is 2.77 bits per heavy atom. The zero-order valence-corrected chi connectivity index (χ0v) is 15.5. The number of hydrogen-bond donors (Lipinski definition) is 0. The summed E-state index contributed by atoms with van der Waals surface area (Å²) in [5, 5.41) is 5.79. The Morgan fingerprint density at radius 1 is 1.38 bits per heavy atom. The molecule has 2 amide bonds. The normalized spacial score (nSPS) is 21.2. The maximum atomic E-state index is 12.6. The highest BCUT2D eigenvalue weighted by Crippen LogP contribution is 2.49. The first-order chi connectivity index (χ1) is 12.5. The fourth-order valence-electron chi connectivity index (χ4n) is 3.90. The molecule has 8 nitrogen and oxygen atoms in total. The van der Waals surface area contributed by atoms with Gasteiger partial charge in [-0.15, -0.1) is 11.3 Å². The molecule has 0 radical (unpaired) electrons. The molecule has 2 saturated heterocycles. The van der Waals surface area contributed by atoms with E-state index >= 15 is 0 Å². The second-order valence-electron chi connectivity index (χ2n) is 6.94. The Hall–Kier alpha value is -2.26. The second-order valence-corrected chi connectivity index (χ2v) is 7.89. The highest BCUT2D eigenvalue weighted by Gasteiger charge is 2.58. The van der Waals surface area contributed by atoms with Crippen molar-refractivity contribution >= 4 is 23.2 Å². The molecule has 2 aliphatic rings. The lowest BCUT2D eigenvalue weighted by atomic mass is 9.71. The summed E-state index contributed by atoms with van der Waals surface area (Å²) in [6.07, 6.45) is 0. The first-order valence-electron chi connectivity index (χ1n) is 8.42. The molecule has 0 N–H and O–H groups in total. The third kappa shape index (κ3) is 2.80. The van der Waals surface area contributed by atoms with E-state index in [1.807, 2.05) is 22.4 Å².